The lowest BCUT2D eigenvalue weighted by Crippen LogP contribution is -2.30. The quantitative estimate of drug-likeness (QED) is 0.930. The lowest BCUT2D eigenvalue weighted by Gasteiger charge is -2.22. The molecule has 4 heteroatoms. The number of carbonyl (C=O) groups excluding carboxylic acids is 1. The summed E-state index contributed by atoms with van der Waals surface area (Å²) in [4.78, 5) is 14.5. The van der Waals surface area contributed by atoms with Crippen LogP contribution in [0.5, 0.6) is 11.5 Å². The van der Waals surface area contributed by atoms with Crippen LogP contribution in [0.1, 0.15) is 31.2 Å². The van der Waals surface area contributed by atoms with E-state index in [2.05, 4.69) is 0 Å². The molecule has 1 aliphatic carbocycles. The summed E-state index contributed by atoms with van der Waals surface area (Å²) >= 11 is 0. The summed E-state index contributed by atoms with van der Waals surface area (Å²) in [5, 5.41) is 9.79. The molecule has 4 nitrogen and oxygen atoms in total. The van der Waals surface area contributed by atoms with E-state index in [1.807, 2.05) is 11.0 Å². The molecule has 2 atom stereocenters. The van der Waals surface area contributed by atoms with Crippen molar-refractivity contribution in [3.8, 4) is 11.5 Å². The molecule has 1 saturated heterocycles. The van der Waals surface area contributed by atoms with Crippen molar-refractivity contribution in [2.24, 2.45) is 11.8 Å². The van der Waals surface area contributed by atoms with Crippen molar-refractivity contribution in [2.75, 3.05) is 20.2 Å². The fourth-order valence-corrected chi connectivity index (χ4v) is 3.74. The second-order valence-electron chi connectivity index (χ2n) is 6.29. The van der Waals surface area contributed by atoms with Crippen LogP contribution in [0.3, 0.4) is 0 Å². The highest BCUT2D eigenvalue weighted by Gasteiger charge is 2.36. The average Bonchev–Trinajstić information content (AvgIpc) is 2.91. The number of hydrogen-bond acceptors (Lipinski definition) is 3. The second kappa shape index (κ2) is 5.96. The number of rotatable bonds is 3. The first kappa shape index (κ1) is 14.2. The molecule has 1 aromatic carbocycles. The van der Waals surface area contributed by atoms with Gasteiger partial charge in [-0.15, -0.1) is 0 Å². The van der Waals surface area contributed by atoms with Crippen molar-refractivity contribution in [3.05, 3.63) is 23.8 Å². The van der Waals surface area contributed by atoms with Crippen molar-refractivity contribution in [1.82, 2.24) is 4.90 Å². The van der Waals surface area contributed by atoms with Crippen LogP contribution < -0.4 is 4.74 Å². The first-order valence-corrected chi connectivity index (χ1v) is 7.81. The van der Waals surface area contributed by atoms with Gasteiger partial charge in [-0.05, 0) is 42.4 Å². The van der Waals surface area contributed by atoms with Crippen LogP contribution in [0.2, 0.25) is 0 Å². The number of hydrogen-bond donors (Lipinski definition) is 1. The number of ether oxygens (including phenoxy) is 1. The highest BCUT2D eigenvalue weighted by molar-refractivity contribution is 5.79. The molecule has 1 amide bonds. The van der Waals surface area contributed by atoms with Gasteiger partial charge in [0.2, 0.25) is 5.91 Å². The third kappa shape index (κ3) is 2.99. The third-order valence-corrected chi connectivity index (χ3v) is 4.93. The lowest BCUT2D eigenvalue weighted by molar-refractivity contribution is -0.129. The Labute approximate surface area is 125 Å². The van der Waals surface area contributed by atoms with E-state index in [4.69, 9.17) is 4.74 Å². The Morgan fingerprint density at radius 2 is 1.95 bits per heavy atom. The van der Waals surface area contributed by atoms with E-state index in [1.54, 1.807) is 12.1 Å². The second-order valence-corrected chi connectivity index (χ2v) is 6.29. The number of likely N-dealkylation sites (tertiary alicyclic amines) is 1. The molecule has 2 fully saturated rings. The highest BCUT2D eigenvalue weighted by atomic mass is 16.5. The maximum absolute atomic E-state index is 12.4. The Morgan fingerprint density at radius 3 is 2.52 bits per heavy atom. The summed E-state index contributed by atoms with van der Waals surface area (Å²) in [6.07, 6.45) is 5.54. The van der Waals surface area contributed by atoms with Gasteiger partial charge in [0.15, 0.2) is 11.5 Å². The Hall–Kier alpha value is -1.71. The maximum Gasteiger partial charge on any atom is 0.227 e. The molecule has 1 N–H and O–H groups in total. The van der Waals surface area contributed by atoms with E-state index in [-0.39, 0.29) is 11.7 Å². The Bertz CT molecular complexity index is 515. The van der Waals surface area contributed by atoms with Gasteiger partial charge in [0, 0.05) is 13.1 Å². The minimum atomic E-state index is 0.0953. The standard InChI is InChI=1S/C17H23NO3/c1-21-16-7-6-12(8-15(16)19)9-17(20)18-10-13-4-2-3-5-14(13)11-18/h6-8,13-14,19H,2-5,9-11H2,1H3. The normalized spacial score (nSPS) is 24.7. The molecule has 0 spiro atoms. The number of amides is 1. The van der Waals surface area contributed by atoms with Gasteiger partial charge >= 0.3 is 0 Å². The summed E-state index contributed by atoms with van der Waals surface area (Å²) in [6.45, 7) is 1.84. The van der Waals surface area contributed by atoms with Crippen molar-refractivity contribution in [3.63, 3.8) is 0 Å². The number of phenolic OH excluding ortho intramolecular Hbond substituents is 1. The molecule has 0 bridgehead atoms. The van der Waals surface area contributed by atoms with Crippen molar-refractivity contribution < 1.29 is 14.6 Å². The summed E-state index contributed by atoms with van der Waals surface area (Å²) in [5.41, 5.74) is 0.841. The highest BCUT2D eigenvalue weighted by Crippen LogP contribution is 2.36. The summed E-state index contributed by atoms with van der Waals surface area (Å²) < 4.78 is 5.02. The Balaban J connectivity index is 1.62. The van der Waals surface area contributed by atoms with Crippen molar-refractivity contribution in [1.29, 1.82) is 0 Å². The number of nitrogens with zero attached hydrogens (tertiary/aromatic N) is 1. The molecular weight excluding hydrogens is 266 g/mol. The fourth-order valence-electron chi connectivity index (χ4n) is 3.74. The molecule has 1 saturated carbocycles. The SMILES string of the molecule is COc1ccc(CC(=O)N2CC3CCCCC3C2)cc1O. The van der Waals surface area contributed by atoms with Gasteiger partial charge in [-0.3, -0.25) is 4.79 Å². The topological polar surface area (TPSA) is 49.8 Å². The van der Waals surface area contributed by atoms with Crippen LogP contribution in [0.15, 0.2) is 18.2 Å². The van der Waals surface area contributed by atoms with E-state index in [0.717, 1.165) is 18.7 Å². The van der Waals surface area contributed by atoms with Gasteiger partial charge in [-0.2, -0.15) is 0 Å². The fraction of sp³-hybridized carbons (Fsp3) is 0.588. The van der Waals surface area contributed by atoms with E-state index in [9.17, 15) is 9.90 Å². The van der Waals surface area contributed by atoms with Crippen LogP contribution >= 0.6 is 0 Å². The van der Waals surface area contributed by atoms with Crippen LogP contribution in [0.4, 0.5) is 0 Å². The van der Waals surface area contributed by atoms with Gasteiger partial charge in [0.1, 0.15) is 0 Å². The summed E-state index contributed by atoms with van der Waals surface area (Å²) in [7, 11) is 1.52. The number of carbonyl (C=O) groups is 1. The third-order valence-electron chi connectivity index (χ3n) is 4.93. The molecule has 21 heavy (non-hydrogen) atoms. The zero-order chi connectivity index (χ0) is 14.8. The molecular formula is C17H23NO3. The van der Waals surface area contributed by atoms with Gasteiger partial charge in [-0.1, -0.05) is 18.9 Å². The number of phenols is 1. The summed E-state index contributed by atoms with van der Waals surface area (Å²) in [5.74, 6) is 2.14. The first-order chi connectivity index (χ1) is 10.2. The summed E-state index contributed by atoms with van der Waals surface area (Å²) in [6, 6.07) is 5.18. The Morgan fingerprint density at radius 1 is 1.29 bits per heavy atom. The largest absolute Gasteiger partial charge is 0.504 e. The minimum Gasteiger partial charge on any atom is -0.504 e. The number of aromatic hydroxyl groups is 1. The Kier molecular flexibility index (Phi) is 4.04. The van der Waals surface area contributed by atoms with Crippen molar-refractivity contribution >= 4 is 5.91 Å². The van der Waals surface area contributed by atoms with Gasteiger partial charge in [-0.25, -0.2) is 0 Å². The zero-order valence-electron chi connectivity index (χ0n) is 12.5. The zero-order valence-corrected chi connectivity index (χ0v) is 12.5. The smallest absolute Gasteiger partial charge is 0.227 e. The lowest BCUT2D eigenvalue weighted by atomic mass is 9.82. The maximum atomic E-state index is 12.4. The van der Waals surface area contributed by atoms with Crippen LogP contribution in [0.25, 0.3) is 0 Å². The van der Waals surface area contributed by atoms with Crippen LogP contribution in [-0.4, -0.2) is 36.1 Å². The molecule has 0 radical (unpaired) electrons. The van der Waals surface area contributed by atoms with Gasteiger partial charge in [0.05, 0.1) is 13.5 Å². The number of fused-ring (bicyclic) bond motifs is 1. The van der Waals surface area contributed by atoms with Gasteiger partial charge < -0.3 is 14.7 Å². The predicted octanol–water partition coefficient (Wildman–Crippen LogP) is 2.59. The molecule has 1 heterocycles. The molecule has 2 unspecified atom stereocenters. The van der Waals surface area contributed by atoms with Crippen LogP contribution in [-0.2, 0) is 11.2 Å². The molecule has 3 rings (SSSR count). The van der Waals surface area contributed by atoms with E-state index < -0.39 is 0 Å². The van der Waals surface area contributed by atoms with Gasteiger partial charge in [0.25, 0.3) is 0 Å². The molecule has 114 valence electrons. The first-order valence-electron chi connectivity index (χ1n) is 7.81. The average molecular weight is 289 g/mol. The number of benzene rings is 1. The van der Waals surface area contributed by atoms with E-state index in [1.165, 1.54) is 32.8 Å². The van der Waals surface area contributed by atoms with E-state index in [0.29, 0.717) is 24.0 Å². The molecule has 2 aliphatic rings. The molecule has 1 aliphatic heterocycles. The predicted molar refractivity (Wildman–Crippen MR) is 80.4 cm³/mol. The molecule has 1 aromatic rings. The van der Waals surface area contributed by atoms with Crippen molar-refractivity contribution in [2.45, 2.75) is 32.1 Å². The monoisotopic (exact) mass is 289 g/mol. The molecule has 0 aromatic heterocycles. The number of methoxy groups -OCH3 is 1. The van der Waals surface area contributed by atoms with E-state index >= 15 is 0 Å². The van der Waals surface area contributed by atoms with Crippen LogP contribution in [0, 0.1) is 11.8 Å². The minimum absolute atomic E-state index is 0.0953.